The molecule has 1 unspecified atom stereocenters. The van der Waals surface area contributed by atoms with E-state index in [9.17, 15) is 5.11 Å². The number of aliphatic hydroxyl groups excluding tert-OH is 1. The summed E-state index contributed by atoms with van der Waals surface area (Å²) >= 11 is 5.91. The SMILES string of the molecule is CC(O)C1(Cc2cccc(Cl)c2)CC1. The van der Waals surface area contributed by atoms with Gasteiger partial charge in [-0.1, -0.05) is 23.7 Å². The fraction of sp³-hybridized carbons (Fsp3) is 0.500. The van der Waals surface area contributed by atoms with Crippen molar-refractivity contribution < 1.29 is 5.11 Å². The molecule has 0 spiro atoms. The molecule has 0 heterocycles. The molecule has 0 aromatic heterocycles. The fourth-order valence-corrected chi connectivity index (χ4v) is 2.17. The minimum atomic E-state index is -0.207. The van der Waals surface area contributed by atoms with Gasteiger partial charge >= 0.3 is 0 Å². The summed E-state index contributed by atoms with van der Waals surface area (Å²) in [6.07, 6.45) is 3.01. The van der Waals surface area contributed by atoms with E-state index in [1.54, 1.807) is 0 Å². The average Bonchev–Trinajstić information content (AvgIpc) is 2.85. The van der Waals surface area contributed by atoms with Gasteiger partial charge in [-0.2, -0.15) is 0 Å². The maximum Gasteiger partial charge on any atom is 0.0571 e. The molecule has 14 heavy (non-hydrogen) atoms. The summed E-state index contributed by atoms with van der Waals surface area (Å²) < 4.78 is 0. The Balaban J connectivity index is 2.11. The number of hydrogen-bond donors (Lipinski definition) is 1. The van der Waals surface area contributed by atoms with Crippen molar-refractivity contribution in [3.05, 3.63) is 34.9 Å². The lowest BCUT2D eigenvalue weighted by atomic mass is 9.92. The molecule has 1 atom stereocenters. The molecule has 0 radical (unpaired) electrons. The van der Waals surface area contributed by atoms with Crippen molar-refractivity contribution in [2.75, 3.05) is 0 Å². The molecule has 1 N–H and O–H groups in total. The van der Waals surface area contributed by atoms with Crippen LogP contribution in [0, 0.1) is 5.41 Å². The Labute approximate surface area is 89.7 Å². The first-order valence-corrected chi connectivity index (χ1v) is 5.43. The van der Waals surface area contributed by atoms with Crippen LogP contribution >= 0.6 is 11.6 Å². The molecule has 1 aromatic carbocycles. The first-order chi connectivity index (χ1) is 6.62. The van der Waals surface area contributed by atoms with Gasteiger partial charge in [0, 0.05) is 10.4 Å². The Morgan fingerprint density at radius 2 is 2.21 bits per heavy atom. The van der Waals surface area contributed by atoms with Gasteiger partial charge in [0.25, 0.3) is 0 Å². The van der Waals surface area contributed by atoms with Gasteiger partial charge < -0.3 is 5.11 Å². The first-order valence-electron chi connectivity index (χ1n) is 5.05. The smallest absolute Gasteiger partial charge is 0.0571 e. The number of aliphatic hydroxyl groups is 1. The van der Waals surface area contributed by atoms with E-state index in [1.165, 1.54) is 5.56 Å². The highest BCUT2D eigenvalue weighted by Crippen LogP contribution is 2.51. The van der Waals surface area contributed by atoms with Gasteiger partial charge in [-0.3, -0.25) is 0 Å². The van der Waals surface area contributed by atoms with Crippen LogP contribution in [0.3, 0.4) is 0 Å². The highest BCUT2D eigenvalue weighted by Gasteiger charge is 2.46. The second kappa shape index (κ2) is 3.56. The van der Waals surface area contributed by atoms with Crippen LogP contribution in [-0.2, 0) is 6.42 Å². The number of benzene rings is 1. The summed E-state index contributed by atoms with van der Waals surface area (Å²) in [7, 11) is 0. The minimum absolute atomic E-state index is 0.144. The zero-order chi connectivity index (χ0) is 10.2. The predicted octanol–water partition coefficient (Wildman–Crippen LogP) is 3.04. The van der Waals surface area contributed by atoms with Gasteiger partial charge in [0.05, 0.1) is 6.10 Å². The Morgan fingerprint density at radius 1 is 1.50 bits per heavy atom. The molecule has 2 rings (SSSR count). The molecule has 0 saturated heterocycles. The average molecular weight is 211 g/mol. The van der Waals surface area contributed by atoms with Crippen LogP contribution < -0.4 is 0 Å². The monoisotopic (exact) mass is 210 g/mol. The van der Waals surface area contributed by atoms with Crippen molar-refractivity contribution in [3.63, 3.8) is 0 Å². The van der Waals surface area contributed by atoms with E-state index in [0.717, 1.165) is 24.3 Å². The van der Waals surface area contributed by atoms with Crippen molar-refractivity contribution >= 4 is 11.6 Å². The van der Waals surface area contributed by atoms with E-state index in [0.29, 0.717) is 0 Å². The second-order valence-electron chi connectivity index (χ2n) is 4.35. The molecule has 0 aliphatic heterocycles. The minimum Gasteiger partial charge on any atom is -0.393 e. The van der Waals surface area contributed by atoms with Crippen LogP contribution in [0.1, 0.15) is 25.3 Å². The summed E-state index contributed by atoms with van der Waals surface area (Å²) in [5.41, 5.74) is 1.38. The van der Waals surface area contributed by atoms with Gasteiger partial charge in [-0.25, -0.2) is 0 Å². The number of halogens is 1. The van der Waals surface area contributed by atoms with Crippen molar-refractivity contribution in [1.29, 1.82) is 0 Å². The zero-order valence-electron chi connectivity index (χ0n) is 8.33. The van der Waals surface area contributed by atoms with Crippen molar-refractivity contribution in [1.82, 2.24) is 0 Å². The highest BCUT2D eigenvalue weighted by molar-refractivity contribution is 6.30. The van der Waals surface area contributed by atoms with E-state index < -0.39 is 0 Å². The maximum atomic E-state index is 9.64. The third-order valence-electron chi connectivity index (χ3n) is 3.22. The molecule has 1 aliphatic carbocycles. The predicted molar refractivity (Wildman–Crippen MR) is 58.5 cm³/mol. The molecule has 1 fully saturated rings. The van der Waals surface area contributed by atoms with Crippen LogP contribution in [0.2, 0.25) is 5.02 Å². The molecular formula is C12H15ClO. The Bertz CT molecular complexity index is 329. The Hall–Kier alpha value is -0.530. The Morgan fingerprint density at radius 3 is 2.71 bits per heavy atom. The Kier molecular flexibility index (Phi) is 2.54. The van der Waals surface area contributed by atoms with Crippen LogP contribution in [0.15, 0.2) is 24.3 Å². The van der Waals surface area contributed by atoms with Gasteiger partial charge in [-0.15, -0.1) is 0 Å². The van der Waals surface area contributed by atoms with E-state index in [4.69, 9.17) is 11.6 Å². The molecule has 76 valence electrons. The van der Waals surface area contributed by atoms with Crippen molar-refractivity contribution in [2.24, 2.45) is 5.41 Å². The summed E-state index contributed by atoms with van der Waals surface area (Å²) in [5.74, 6) is 0. The number of hydrogen-bond acceptors (Lipinski definition) is 1. The van der Waals surface area contributed by atoms with E-state index in [1.807, 2.05) is 25.1 Å². The van der Waals surface area contributed by atoms with Gasteiger partial charge in [0.1, 0.15) is 0 Å². The summed E-state index contributed by atoms with van der Waals surface area (Å²) in [6.45, 7) is 1.89. The van der Waals surface area contributed by atoms with Crippen LogP contribution in [0.25, 0.3) is 0 Å². The highest BCUT2D eigenvalue weighted by atomic mass is 35.5. The first kappa shape index (κ1) is 10.0. The largest absolute Gasteiger partial charge is 0.393 e. The third kappa shape index (κ3) is 1.94. The van der Waals surface area contributed by atoms with E-state index in [2.05, 4.69) is 6.07 Å². The summed E-state index contributed by atoms with van der Waals surface area (Å²) in [4.78, 5) is 0. The van der Waals surface area contributed by atoms with Crippen LogP contribution in [0.4, 0.5) is 0 Å². The van der Waals surface area contributed by atoms with E-state index in [-0.39, 0.29) is 11.5 Å². The lowest BCUT2D eigenvalue weighted by Crippen LogP contribution is -2.20. The lowest BCUT2D eigenvalue weighted by molar-refractivity contribution is 0.110. The molecule has 1 nitrogen and oxygen atoms in total. The molecule has 1 aliphatic rings. The van der Waals surface area contributed by atoms with Gasteiger partial charge in [0.15, 0.2) is 0 Å². The topological polar surface area (TPSA) is 20.2 Å². The lowest BCUT2D eigenvalue weighted by Gasteiger charge is -2.18. The van der Waals surface area contributed by atoms with Gasteiger partial charge in [-0.05, 0) is 43.9 Å². The van der Waals surface area contributed by atoms with E-state index >= 15 is 0 Å². The molecule has 0 amide bonds. The maximum absolute atomic E-state index is 9.64. The molecule has 1 aromatic rings. The summed E-state index contributed by atoms with van der Waals surface area (Å²) in [5, 5.41) is 10.4. The van der Waals surface area contributed by atoms with Crippen LogP contribution in [0.5, 0.6) is 0 Å². The van der Waals surface area contributed by atoms with Crippen molar-refractivity contribution in [3.8, 4) is 0 Å². The standard InChI is InChI=1S/C12H15ClO/c1-9(14)12(5-6-12)8-10-3-2-4-11(13)7-10/h2-4,7,9,14H,5-6,8H2,1H3. The molecular weight excluding hydrogens is 196 g/mol. The zero-order valence-corrected chi connectivity index (χ0v) is 9.09. The second-order valence-corrected chi connectivity index (χ2v) is 4.78. The third-order valence-corrected chi connectivity index (χ3v) is 3.46. The fourth-order valence-electron chi connectivity index (χ4n) is 1.96. The normalized spacial score (nSPS) is 20.5. The summed E-state index contributed by atoms with van der Waals surface area (Å²) in [6, 6.07) is 7.92. The quantitative estimate of drug-likeness (QED) is 0.813. The van der Waals surface area contributed by atoms with Gasteiger partial charge in [0.2, 0.25) is 0 Å². The van der Waals surface area contributed by atoms with Crippen molar-refractivity contribution in [2.45, 2.75) is 32.3 Å². The molecule has 1 saturated carbocycles. The number of rotatable bonds is 3. The molecule has 2 heteroatoms. The van der Waals surface area contributed by atoms with Crippen LogP contribution in [-0.4, -0.2) is 11.2 Å². The molecule has 0 bridgehead atoms.